The monoisotopic (exact) mass is 273 g/mol. The van der Waals surface area contributed by atoms with Crippen LogP contribution in [0.1, 0.15) is 0 Å². The molecule has 2 aromatic carbocycles. The molecule has 0 saturated heterocycles. The van der Waals surface area contributed by atoms with Crippen LogP contribution in [0.4, 0.5) is 21.9 Å². The van der Waals surface area contributed by atoms with Gasteiger partial charge in [-0.05, 0) is 36.4 Å². The number of nitrogen functional groups attached to an aromatic ring is 1. The molecule has 20 heavy (non-hydrogen) atoms. The number of hydrogen-bond acceptors (Lipinski definition) is 4. The number of ether oxygens (including phenoxy) is 1. The predicted molar refractivity (Wildman–Crippen MR) is 78.2 cm³/mol. The second kappa shape index (κ2) is 5.83. The zero-order chi connectivity index (χ0) is 14.5. The fraction of sp³-hybridized carbons (Fsp3) is 0.0714. The standard InChI is InChI=1S/C14H15N3O3/c1-20-11-5-2-9(3-6-11)16-14(19)17-13-7-4-10(18)8-12(13)15/h2-8,18H,15H2,1H3,(H2,16,17,19). The predicted octanol–water partition coefficient (Wildman–Crippen LogP) is 2.63. The number of nitrogens with one attached hydrogen (secondary N) is 2. The highest BCUT2D eigenvalue weighted by Crippen LogP contribution is 2.23. The number of aromatic hydroxyl groups is 1. The minimum atomic E-state index is -0.424. The van der Waals surface area contributed by atoms with Crippen LogP contribution in [-0.2, 0) is 0 Å². The minimum Gasteiger partial charge on any atom is -0.508 e. The van der Waals surface area contributed by atoms with E-state index >= 15 is 0 Å². The quantitative estimate of drug-likeness (QED) is 0.510. The Labute approximate surface area is 116 Å². The molecule has 0 atom stereocenters. The molecule has 0 saturated carbocycles. The molecule has 0 radical (unpaired) electrons. The summed E-state index contributed by atoms with van der Waals surface area (Å²) in [5.74, 6) is 0.752. The zero-order valence-electron chi connectivity index (χ0n) is 10.9. The number of nitrogens with two attached hydrogens (primary N) is 1. The molecule has 0 aromatic heterocycles. The van der Waals surface area contributed by atoms with E-state index in [4.69, 9.17) is 10.5 Å². The highest BCUT2D eigenvalue weighted by Gasteiger charge is 2.06. The van der Waals surface area contributed by atoms with Crippen LogP contribution in [0.5, 0.6) is 11.5 Å². The number of carbonyl (C=O) groups is 1. The van der Waals surface area contributed by atoms with Gasteiger partial charge in [-0.2, -0.15) is 0 Å². The largest absolute Gasteiger partial charge is 0.508 e. The Morgan fingerprint density at radius 1 is 1.15 bits per heavy atom. The molecule has 2 aromatic rings. The molecule has 6 heteroatoms. The lowest BCUT2D eigenvalue weighted by molar-refractivity contribution is 0.262. The van der Waals surface area contributed by atoms with E-state index in [2.05, 4.69) is 10.6 Å². The third-order valence-electron chi connectivity index (χ3n) is 2.63. The number of phenolic OH excluding ortho intramolecular Hbond substituents is 1. The van der Waals surface area contributed by atoms with Gasteiger partial charge in [-0.3, -0.25) is 0 Å². The lowest BCUT2D eigenvalue weighted by atomic mass is 10.2. The van der Waals surface area contributed by atoms with E-state index in [1.54, 1.807) is 31.4 Å². The average Bonchev–Trinajstić information content (AvgIpc) is 2.43. The van der Waals surface area contributed by atoms with Crippen molar-refractivity contribution in [3.8, 4) is 11.5 Å². The molecule has 2 rings (SSSR count). The molecule has 6 nitrogen and oxygen atoms in total. The van der Waals surface area contributed by atoms with Gasteiger partial charge >= 0.3 is 6.03 Å². The summed E-state index contributed by atoms with van der Waals surface area (Å²) in [6.45, 7) is 0. The summed E-state index contributed by atoms with van der Waals surface area (Å²) < 4.78 is 5.03. The molecule has 104 valence electrons. The summed E-state index contributed by atoms with van der Waals surface area (Å²) in [6, 6.07) is 10.8. The first-order chi connectivity index (χ1) is 9.58. The topological polar surface area (TPSA) is 96.6 Å². The first kappa shape index (κ1) is 13.5. The molecule has 0 aliphatic heterocycles. The van der Waals surface area contributed by atoms with Gasteiger partial charge < -0.3 is 26.2 Å². The summed E-state index contributed by atoms with van der Waals surface area (Å²) in [5.41, 5.74) is 7.02. The number of benzene rings is 2. The van der Waals surface area contributed by atoms with Gasteiger partial charge in [0.25, 0.3) is 0 Å². The van der Waals surface area contributed by atoms with Crippen LogP contribution < -0.4 is 21.1 Å². The summed E-state index contributed by atoms with van der Waals surface area (Å²) in [5, 5.41) is 14.5. The van der Waals surface area contributed by atoms with Gasteiger partial charge in [0.2, 0.25) is 0 Å². The normalized spacial score (nSPS) is 9.85. The number of phenols is 1. The summed E-state index contributed by atoms with van der Waals surface area (Å²) >= 11 is 0. The van der Waals surface area contributed by atoms with E-state index in [0.29, 0.717) is 17.1 Å². The van der Waals surface area contributed by atoms with Crippen molar-refractivity contribution in [2.45, 2.75) is 0 Å². The molecular weight excluding hydrogens is 258 g/mol. The van der Waals surface area contributed by atoms with Crippen LogP contribution in [0.15, 0.2) is 42.5 Å². The highest BCUT2D eigenvalue weighted by atomic mass is 16.5. The first-order valence-electron chi connectivity index (χ1n) is 5.89. The van der Waals surface area contributed by atoms with Crippen molar-refractivity contribution < 1.29 is 14.6 Å². The van der Waals surface area contributed by atoms with E-state index in [9.17, 15) is 9.90 Å². The number of carbonyl (C=O) groups excluding carboxylic acids is 1. The Balaban J connectivity index is 2.01. The van der Waals surface area contributed by atoms with Crippen LogP contribution in [0.3, 0.4) is 0 Å². The fourth-order valence-corrected chi connectivity index (χ4v) is 1.62. The van der Waals surface area contributed by atoms with Crippen LogP contribution in [0, 0.1) is 0 Å². The summed E-state index contributed by atoms with van der Waals surface area (Å²) in [4.78, 5) is 11.8. The molecule has 0 aliphatic rings. The summed E-state index contributed by atoms with van der Waals surface area (Å²) in [6.07, 6.45) is 0. The Bertz CT molecular complexity index is 612. The molecule has 2 amide bonds. The maximum Gasteiger partial charge on any atom is 0.323 e. The van der Waals surface area contributed by atoms with E-state index < -0.39 is 6.03 Å². The zero-order valence-corrected chi connectivity index (χ0v) is 10.9. The van der Waals surface area contributed by atoms with E-state index in [1.807, 2.05) is 0 Å². The number of methoxy groups -OCH3 is 1. The third kappa shape index (κ3) is 3.32. The number of anilines is 3. The van der Waals surface area contributed by atoms with Crippen molar-refractivity contribution in [1.29, 1.82) is 0 Å². The summed E-state index contributed by atoms with van der Waals surface area (Å²) in [7, 11) is 1.57. The molecule has 0 spiro atoms. The van der Waals surface area contributed by atoms with Crippen molar-refractivity contribution in [3.63, 3.8) is 0 Å². The van der Waals surface area contributed by atoms with Gasteiger partial charge in [0.1, 0.15) is 11.5 Å². The first-order valence-corrected chi connectivity index (χ1v) is 5.89. The molecule has 0 unspecified atom stereocenters. The SMILES string of the molecule is COc1ccc(NC(=O)Nc2ccc(O)cc2N)cc1. The molecule has 0 fully saturated rings. The van der Waals surface area contributed by atoms with Gasteiger partial charge in [0.15, 0.2) is 0 Å². The van der Waals surface area contributed by atoms with E-state index in [-0.39, 0.29) is 11.4 Å². The number of hydrogen-bond donors (Lipinski definition) is 4. The van der Waals surface area contributed by atoms with Gasteiger partial charge in [0, 0.05) is 11.8 Å². The fourth-order valence-electron chi connectivity index (χ4n) is 1.62. The number of rotatable bonds is 3. The Morgan fingerprint density at radius 2 is 1.85 bits per heavy atom. The molecule has 0 bridgehead atoms. The van der Waals surface area contributed by atoms with Crippen molar-refractivity contribution in [2.24, 2.45) is 0 Å². The van der Waals surface area contributed by atoms with Gasteiger partial charge in [-0.25, -0.2) is 4.79 Å². The minimum absolute atomic E-state index is 0.0450. The van der Waals surface area contributed by atoms with Crippen molar-refractivity contribution in [2.75, 3.05) is 23.5 Å². The highest BCUT2D eigenvalue weighted by molar-refractivity contribution is 6.01. The van der Waals surface area contributed by atoms with Crippen molar-refractivity contribution in [3.05, 3.63) is 42.5 Å². The molecule has 0 aliphatic carbocycles. The second-order valence-electron chi connectivity index (χ2n) is 4.08. The van der Waals surface area contributed by atoms with E-state index in [1.165, 1.54) is 18.2 Å². The van der Waals surface area contributed by atoms with Crippen LogP contribution in [-0.4, -0.2) is 18.2 Å². The third-order valence-corrected chi connectivity index (χ3v) is 2.63. The number of urea groups is 1. The maximum atomic E-state index is 11.8. The van der Waals surface area contributed by atoms with Gasteiger partial charge in [-0.1, -0.05) is 0 Å². The maximum absolute atomic E-state index is 11.8. The van der Waals surface area contributed by atoms with Crippen molar-refractivity contribution in [1.82, 2.24) is 0 Å². The van der Waals surface area contributed by atoms with E-state index in [0.717, 1.165) is 0 Å². The van der Waals surface area contributed by atoms with Crippen molar-refractivity contribution >= 4 is 23.1 Å². The Kier molecular flexibility index (Phi) is 3.95. The van der Waals surface area contributed by atoms with Crippen LogP contribution in [0.2, 0.25) is 0 Å². The molecule has 0 heterocycles. The van der Waals surface area contributed by atoms with Crippen LogP contribution in [0.25, 0.3) is 0 Å². The molecule has 5 N–H and O–H groups in total. The van der Waals surface area contributed by atoms with Gasteiger partial charge in [0.05, 0.1) is 18.5 Å². The lowest BCUT2D eigenvalue weighted by Gasteiger charge is -2.10. The number of amides is 2. The molecular formula is C14H15N3O3. The van der Waals surface area contributed by atoms with Gasteiger partial charge in [-0.15, -0.1) is 0 Å². The smallest absolute Gasteiger partial charge is 0.323 e. The Morgan fingerprint density at radius 3 is 2.45 bits per heavy atom. The lowest BCUT2D eigenvalue weighted by Crippen LogP contribution is -2.20. The second-order valence-corrected chi connectivity index (χ2v) is 4.08. The average molecular weight is 273 g/mol. The Hall–Kier alpha value is -2.89. The van der Waals surface area contributed by atoms with Crippen LogP contribution >= 0.6 is 0 Å².